The van der Waals surface area contributed by atoms with Crippen LogP contribution in [0.1, 0.15) is 26.7 Å². The largest absolute Gasteiger partial charge is 0.512 e. The fraction of sp³-hybridized carbons (Fsp3) is 0.500. The Morgan fingerprint density at radius 2 is 2.04 bits per heavy atom. The van der Waals surface area contributed by atoms with Crippen molar-refractivity contribution in [3.8, 4) is 5.75 Å². The number of esters is 1. The van der Waals surface area contributed by atoms with Gasteiger partial charge in [0.2, 0.25) is 0 Å². The molecule has 1 aliphatic heterocycles. The van der Waals surface area contributed by atoms with Gasteiger partial charge in [0.25, 0.3) is 0 Å². The molecule has 0 saturated carbocycles. The Hall–Kier alpha value is -1.86. The molecule has 9 heteroatoms. The summed E-state index contributed by atoms with van der Waals surface area (Å²) in [6, 6.07) is 8.53. The van der Waals surface area contributed by atoms with Crippen LogP contribution in [0, 0.1) is 0 Å². The van der Waals surface area contributed by atoms with Gasteiger partial charge in [-0.1, -0.05) is 31.5 Å². The van der Waals surface area contributed by atoms with E-state index >= 15 is 0 Å². The van der Waals surface area contributed by atoms with Crippen LogP contribution in [-0.4, -0.2) is 38.1 Å². The molecular formula is C18H26NO7P. The summed E-state index contributed by atoms with van der Waals surface area (Å²) < 4.78 is 39.4. The smallest absolute Gasteiger partial charge is 0.462 e. The summed E-state index contributed by atoms with van der Waals surface area (Å²) in [6.45, 7) is 4.45. The van der Waals surface area contributed by atoms with Crippen molar-refractivity contribution >= 4 is 13.7 Å². The van der Waals surface area contributed by atoms with Gasteiger partial charge in [0, 0.05) is 6.08 Å². The highest BCUT2D eigenvalue weighted by molar-refractivity contribution is 7.52. The molecule has 0 bridgehead atoms. The summed E-state index contributed by atoms with van der Waals surface area (Å²) in [5, 5.41) is 2.52. The molecule has 1 aromatic rings. The van der Waals surface area contributed by atoms with Crippen molar-refractivity contribution in [2.45, 2.75) is 39.1 Å². The third-order valence-electron chi connectivity index (χ3n) is 3.50. The van der Waals surface area contributed by atoms with Gasteiger partial charge >= 0.3 is 13.7 Å². The minimum absolute atomic E-state index is 0.212. The van der Waals surface area contributed by atoms with Gasteiger partial charge in [0.15, 0.2) is 6.29 Å². The molecule has 0 amide bonds. The van der Waals surface area contributed by atoms with Crippen LogP contribution in [0.5, 0.6) is 5.75 Å². The molecule has 1 aromatic carbocycles. The molecule has 8 nitrogen and oxygen atoms in total. The molecule has 2 atom stereocenters. The van der Waals surface area contributed by atoms with Crippen LogP contribution in [0.4, 0.5) is 0 Å². The molecule has 0 aromatic heterocycles. The van der Waals surface area contributed by atoms with Gasteiger partial charge in [-0.3, -0.25) is 4.79 Å². The molecule has 1 N–H and O–H groups in total. The summed E-state index contributed by atoms with van der Waals surface area (Å²) >= 11 is 0. The third-order valence-corrected chi connectivity index (χ3v) is 4.89. The van der Waals surface area contributed by atoms with Crippen molar-refractivity contribution in [1.82, 2.24) is 5.09 Å². The second kappa shape index (κ2) is 11.1. The van der Waals surface area contributed by atoms with E-state index in [1.54, 1.807) is 30.3 Å². The topological polar surface area (TPSA) is 92.3 Å². The Morgan fingerprint density at radius 1 is 1.33 bits per heavy atom. The molecule has 0 aliphatic carbocycles. The van der Waals surface area contributed by atoms with E-state index in [4.69, 9.17) is 23.3 Å². The number of benzene rings is 1. The Morgan fingerprint density at radius 3 is 2.70 bits per heavy atom. The number of nitrogens with one attached hydrogen (secondary N) is 1. The van der Waals surface area contributed by atoms with Crippen LogP contribution in [-0.2, 0) is 28.1 Å². The number of hydrogen-bond acceptors (Lipinski definition) is 7. The van der Waals surface area contributed by atoms with E-state index < -0.39 is 20.0 Å². The first kappa shape index (κ1) is 21.4. The van der Waals surface area contributed by atoms with Crippen molar-refractivity contribution in [1.29, 1.82) is 0 Å². The summed E-state index contributed by atoms with van der Waals surface area (Å²) in [6.07, 6.45) is 3.53. The minimum atomic E-state index is -3.86. The zero-order valence-corrected chi connectivity index (χ0v) is 16.4. The zero-order chi connectivity index (χ0) is 19.5. The fourth-order valence-electron chi connectivity index (χ4n) is 2.27. The van der Waals surface area contributed by atoms with Gasteiger partial charge in [0.1, 0.15) is 12.3 Å². The third kappa shape index (κ3) is 8.13. The van der Waals surface area contributed by atoms with Crippen LogP contribution >= 0.6 is 7.75 Å². The molecule has 1 unspecified atom stereocenters. The SMILES string of the molecule is CCC[C@H](C)OC(=O)CNP(=O)(O/C=C/C1OCCO1)Oc1ccccc1. The summed E-state index contributed by atoms with van der Waals surface area (Å²) in [4.78, 5) is 11.9. The maximum Gasteiger partial charge on any atom is 0.512 e. The standard InChI is InChI=1S/C18H26NO7P/c1-3-7-15(2)25-17(20)14-19-27(21,26-16-8-5-4-6-9-16)24-11-10-18-22-12-13-23-18/h4-6,8-11,15,18H,3,7,12-14H2,1-2H3,(H,19,21)/b11-10+/t15-,27?/m0/s1. The lowest BCUT2D eigenvalue weighted by atomic mass is 10.2. The van der Waals surface area contributed by atoms with Gasteiger partial charge < -0.3 is 23.3 Å². The first-order chi connectivity index (χ1) is 13.0. The molecule has 1 aliphatic rings. The van der Waals surface area contributed by atoms with Gasteiger partial charge in [-0.2, -0.15) is 5.09 Å². The predicted octanol–water partition coefficient (Wildman–Crippen LogP) is 3.40. The van der Waals surface area contributed by atoms with Gasteiger partial charge in [-0.05, 0) is 25.5 Å². The Kier molecular flexibility index (Phi) is 8.81. The molecule has 0 radical (unpaired) electrons. The lowest BCUT2D eigenvalue weighted by Crippen LogP contribution is -2.27. The quantitative estimate of drug-likeness (QED) is 0.344. The van der Waals surface area contributed by atoms with Crippen LogP contribution in [0.25, 0.3) is 0 Å². The maximum absolute atomic E-state index is 13.0. The van der Waals surface area contributed by atoms with E-state index in [9.17, 15) is 9.36 Å². The van der Waals surface area contributed by atoms with Gasteiger partial charge in [-0.15, -0.1) is 0 Å². The normalized spacial score (nSPS) is 18.1. The summed E-state index contributed by atoms with van der Waals surface area (Å²) in [7, 11) is -3.86. The Labute approximate surface area is 159 Å². The van der Waals surface area contributed by atoms with Gasteiger partial charge in [-0.25, -0.2) is 4.57 Å². The Balaban J connectivity index is 1.95. The highest BCUT2D eigenvalue weighted by Crippen LogP contribution is 2.44. The summed E-state index contributed by atoms with van der Waals surface area (Å²) in [5.74, 6) is -0.203. The number of carbonyl (C=O) groups excluding carboxylic acids is 1. The van der Waals surface area contributed by atoms with Crippen molar-refractivity contribution in [3.05, 3.63) is 42.7 Å². The van der Waals surface area contributed by atoms with Gasteiger partial charge in [0.05, 0.1) is 25.6 Å². The maximum atomic E-state index is 13.0. The highest BCUT2D eigenvalue weighted by Gasteiger charge is 2.28. The van der Waals surface area contributed by atoms with E-state index in [2.05, 4.69) is 5.09 Å². The van der Waals surface area contributed by atoms with Crippen LogP contribution in [0.3, 0.4) is 0 Å². The number of para-hydroxylation sites is 1. The van der Waals surface area contributed by atoms with Crippen LogP contribution in [0.2, 0.25) is 0 Å². The highest BCUT2D eigenvalue weighted by atomic mass is 31.2. The number of rotatable bonds is 11. The first-order valence-corrected chi connectivity index (χ1v) is 10.4. The summed E-state index contributed by atoms with van der Waals surface area (Å²) in [5.41, 5.74) is 0. The molecule has 0 spiro atoms. The molecule has 1 heterocycles. The van der Waals surface area contributed by atoms with Crippen LogP contribution < -0.4 is 9.61 Å². The van der Waals surface area contributed by atoms with E-state index in [0.717, 1.165) is 12.8 Å². The van der Waals surface area contributed by atoms with E-state index in [-0.39, 0.29) is 12.6 Å². The van der Waals surface area contributed by atoms with E-state index in [1.807, 2.05) is 13.8 Å². The second-order valence-electron chi connectivity index (χ2n) is 5.87. The fourth-order valence-corrected chi connectivity index (χ4v) is 3.41. The van der Waals surface area contributed by atoms with Crippen LogP contribution in [0.15, 0.2) is 42.7 Å². The average molecular weight is 399 g/mol. The second-order valence-corrected chi connectivity index (χ2v) is 7.57. The van der Waals surface area contributed by atoms with E-state index in [1.165, 1.54) is 12.3 Å². The molecule has 1 saturated heterocycles. The first-order valence-electron chi connectivity index (χ1n) is 8.88. The molecule has 1 fully saturated rings. The van der Waals surface area contributed by atoms with E-state index in [0.29, 0.717) is 19.0 Å². The lowest BCUT2D eigenvalue weighted by Gasteiger charge is -2.19. The molecular weight excluding hydrogens is 373 g/mol. The van der Waals surface area contributed by atoms with Crippen molar-refractivity contribution in [2.24, 2.45) is 0 Å². The molecule has 150 valence electrons. The molecule has 2 rings (SSSR count). The monoisotopic (exact) mass is 399 g/mol. The zero-order valence-electron chi connectivity index (χ0n) is 15.5. The minimum Gasteiger partial charge on any atom is -0.462 e. The van der Waals surface area contributed by atoms with Crippen molar-refractivity contribution < 1.29 is 32.6 Å². The predicted molar refractivity (Wildman–Crippen MR) is 99.1 cm³/mol. The van der Waals surface area contributed by atoms with Crippen molar-refractivity contribution in [2.75, 3.05) is 19.8 Å². The number of hydrogen-bond donors (Lipinski definition) is 1. The van der Waals surface area contributed by atoms with Crippen molar-refractivity contribution in [3.63, 3.8) is 0 Å². The molecule has 27 heavy (non-hydrogen) atoms. The Bertz CT molecular complexity index is 646. The number of ether oxygens (including phenoxy) is 3. The average Bonchev–Trinajstić information content (AvgIpc) is 3.15. The number of carbonyl (C=O) groups is 1. The lowest BCUT2D eigenvalue weighted by molar-refractivity contribution is -0.147.